The van der Waals surface area contributed by atoms with Gasteiger partial charge in [-0.1, -0.05) is 30.1 Å². The Morgan fingerprint density at radius 2 is 2.00 bits per heavy atom. The number of nitrogens with one attached hydrogen (secondary N) is 1. The van der Waals surface area contributed by atoms with Gasteiger partial charge < -0.3 is 11.1 Å². The van der Waals surface area contributed by atoms with Gasteiger partial charge in [-0.25, -0.2) is 0 Å². The molecule has 0 heterocycles. The fourth-order valence-electron chi connectivity index (χ4n) is 1.32. The first-order valence-electron chi connectivity index (χ1n) is 5.51. The van der Waals surface area contributed by atoms with Crippen LogP contribution in [0.4, 0.5) is 5.69 Å². The zero-order valence-corrected chi connectivity index (χ0v) is 12.6. The van der Waals surface area contributed by atoms with Gasteiger partial charge in [0, 0.05) is 17.4 Å². The average molecular weight is 307 g/mol. The number of halogens is 2. The minimum Gasteiger partial charge on any atom is -0.396 e. The number of carbonyl (C=O) groups excluding carboxylic acids is 1. The lowest BCUT2D eigenvalue weighted by atomic mass is 10.2. The van der Waals surface area contributed by atoms with Crippen LogP contribution in [-0.2, 0) is 0 Å². The van der Waals surface area contributed by atoms with Gasteiger partial charge in [0.05, 0.1) is 15.7 Å². The van der Waals surface area contributed by atoms with E-state index in [2.05, 4.69) is 12.2 Å². The minimum absolute atomic E-state index is 0.188. The number of carbonyl (C=O) groups is 1. The Balaban J connectivity index is 2.62. The number of nitrogen functional groups attached to an aromatic ring is 1. The Labute approximate surface area is 121 Å². The van der Waals surface area contributed by atoms with Crippen LogP contribution in [0.25, 0.3) is 0 Å². The van der Waals surface area contributed by atoms with E-state index < -0.39 is 0 Å². The highest BCUT2D eigenvalue weighted by molar-refractivity contribution is 7.99. The molecule has 0 aliphatic heterocycles. The highest BCUT2D eigenvalue weighted by Gasteiger charge is 2.11. The second kappa shape index (κ2) is 7.12. The average Bonchev–Trinajstić information content (AvgIpc) is 2.34. The number of thioether (sulfide) groups is 1. The Bertz CT molecular complexity index is 417. The van der Waals surface area contributed by atoms with Crippen molar-refractivity contribution in [3.8, 4) is 0 Å². The van der Waals surface area contributed by atoms with E-state index in [1.54, 1.807) is 11.8 Å². The summed E-state index contributed by atoms with van der Waals surface area (Å²) in [6, 6.07) is 3.05. The number of rotatable bonds is 5. The van der Waals surface area contributed by atoms with Crippen molar-refractivity contribution < 1.29 is 4.79 Å². The molecule has 1 atom stereocenters. The second-order valence-electron chi connectivity index (χ2n) is 3.94. The molecule has 1 aromatic carbocycles. The molecule has 1 unspecified atom stereocenters. The molecule has 1 rings (SSSR count). The summed E-state index contributed by atoms with van der Waals surface area (Å²) < 4.78 is 0. The third kappa shape index (κ3) is 4.26. The molecule has 1 aromatic rings. The summed E-state index contributed by atoms with van der Waals surface area (Å²) >= 11 is 13.5. The van der Waals surface area contributed by atoms with Crippen LogP contribution >= 0.6 is 35.0 Å². The van der Waals surface area contributed by atoms with Crippen LogP contribution in [-0.4, -0.2) is 24.0 Å². The molecule has 0 bridgehead atoms. The Morgan fingerprint density at radius 3 is 2.50 bits per heavy atom. The second-order valence-corrected chi connectivity index (χ2v) is 6.04. The lowest BCUT2D eigenvalue weighted by molar-refractivity contribution is 0.0953. The van der Waals surface area contributed by atoms with E-state index in [-0.39, 0.29) is 5.91 Å². The van der Waals surface area contributed by atoms with Crippen LogP contribution in [0.1, 0.15) is 23.7 Å². The molecule has 0 saturated carbocycles. The molecule has 6 heteroatoms. The fourth-order valence-corrected chi connectivity index (χ4v) is 2.16. The van der Waals surface area contributed by atoms with E-state index in [0.29, 0.717) is 33.1 Å². The standard InChI is InChI=1S/C12H16Cl2N2OS/c1-7(18-2)3-4-16-12(17)8-5-9(13)11(15)10(14)6-8/h5-7H,3-4,15H2,1-2H3,(H,16,17). The van der Waals surface area contributed by atoms with Crippen molar-refractivity contribution in [1.82, 2.24) is 5.32 Å². The third-order valence-electron chi connectivity index (χ3n) is 2.58. The van der Waals surface area contributed by atoms with Gasteiger partial charge >= 0.3 is 0 Å². The molecule has 0 aromatic heterocycles. The molecule has 0 aliphatic carbocycles. The highest BCUT2D eigenvalue weighted by Crippen LogP contribution is 2.28. The SMILES string of the molecule is CSC(C)CCNC(=O)c1cc(Cl)c(N)c(Cl)c1. The highest BCUT2D eigenvalue weighted by atomic mass is 35.5. The summed E-state index contributed by atoms with van der Waals surface area (Å²) in [5, 5.41) is 3.94. The molecule has 100 valence electrons. The van der Waals surface area contributed by atoms with E-state index in [4.69, 9.17) is 28.9 Å². The van der Waals surface area contributed by atoms with Gasteiger partial charge in [0.15, 0.2) is 0 Å². The molecule has 0 saturated heterocycles. The summed E-state index contributed by atoms with van der Waals surface area (Å²) in [5.74, 6) is -0.188. The molecule has 0 spiro atoms. The topological polar surface area (TPSA) is 55.1 Å². The van der Waals surface area contributed by atoms with Gasteiger partial charge in [-0.05, 0) is 24.8 Å². The Kier molecular flexibility index (Phi) is 6.12. The van der Waals surface area contributed by atoms with Gasteiger partial charge in [-0.15, -0.1) is 0 Å². The van der Waals surface area contributed by atoms with Gasteiger partial charge in [0.2, 0.25) is 0 Å². The number of hydrogen-bond acceptors (Lipinski definition) is 3. The van der Waals surface area contributed by atoms with Gasteiger partial charge in [-0.2, -0.15) is 11.8 Å². The summed E-state index contributed by atoms with van der Waals surface area (Å²) in [6.45, 7) is 2.74. The molecule has 0 fully saturated rings. The Morgan fingerprint density at radius 1 is 1.44 bits per heavy atom. The predicted molar refractivity (Wildman–Crippen MR) is 80.8 cm³/mol. The number of amides is 1. The van der Waals surface area contributed by atoms with Gasteiger partial charge in [-0.3, -0.25) is 4.79 Å². The third-order valence-corrected chi connectivity index (χ3v) is 4.25. The lowest BCUT2D eigenvalue weighted by Crippen LogP contribution is -2.26. The van der Waals surface area contributed by atoms with E-state index >= 15 is 0 Å². The van der Waals surface area contributed by atoms with E-state index in [9.17, 15) is 4.79 Å². The van der Waals surface area contributed by atoms with Crippen molar-refractivity contribution in [3.63, 3.8) is 0 Å². The summed E-state index contributed by atoms with van der Waals surface area (Å²) in [6.07, 6.45) is 2.97. The van der Waals surface area contributed by atoms with E-state index in [1.807, 2.05) is 6.26 Å². The quantitative estimate of drug-likeness (QED) is 0.819. The van der Waals surface area contributed by atoms with Crippen molar-refractivity contribution in [2.24, 2.45) is 0 Å². The first-order valence-corrected chi connectivity index (χ1v) is 7.55. The number of benzene rings is 1. The Hall–Kier alpha value is -0.580. The van der Waals surface area contributed by atoms with Crippen molar-refractivity contribution >= 4 is 46.6 Å². The minimum atomic E-state index is -0.188. The van der Waals surface area contributed by atoms with Crippen LogP contribution in [0.3, 0.4) is 0 Å². The maximum atomic E-state index is 11.9. The van der Waals surface area contributed by atoms with E-state index in [1.165, 1.54) is 12.1 Å². The van der Waals surface area contributed by atoms with Crippen molar-refractivity contribution in [2.75, 3.05) is 18.5 Å². The van der Waals surface area contributed by atoms with Crippen molar-refractivity contribution in [2.45, 2.75) is 18.6 Å². The van der Waals surface area contributed by atoms with Crippen molar-refractivity contribution in [1.29, 1.82) is 0 Å². The summed E-state index contributed by atoms with van der Waals surface area (Å²) in [5.41, 5.74) is 6.33. The zero-order chi connectivity index (χ0) is 13.7. The first kappa shape index (κ1) is 15.5. The largest absolute Gasteiger partial charge is 0.396 e. The molecule has 0 radical (unpaired) electrons. The predicted octanol–water partition coefficient (Wildman–Crippen LogP) is 3.45. The molecule has 0 aliphatic rings. The smallest absolute Gasteiger partial charge is 0.251 e. The number of nitrogens with two attached hydrogens (primary N) is 1. The monoisotopic (exact) mass is 306 g/mol. The summed E-state index contributed by atoms with van der Waals surface area (Å²) in [4.78, 5) is 11.9. The van der Waals surface area contributed by atoms with Crippen LogP contribution in [0, 0.1) is 0 Å². The van der Waals surface area contributed by atoms with Crippen LogP contribution in [0.2, 0.25) is 10.0 Å². The zero-order valence-electron chi connectivity index (χ0n) is 10.3. The summed E-state index contributed by atoms with van der Waals surface area (Å²) in [7, 11) is 0. The molecule has 1 amide bonds. The van der Waals surface area contributed by atoms with Gasteiger partial charge in [0.25, 0.3) is 5.91 Å². The van der Waals surface area contributed by atoms with Gasteiger partial charge in [0.1, 0.15) is 0 Å². The maximum Gasteiger partial charge on any atom is 0.251 e. The van der Waals surface area contributed by atoms with E-state index in [0.717, 1.165) is 6.42 Å². The van der Waals surface area contributed by atoms with Crippen LogP contribution in [0.5, 0.6) is 0 Å². The molecule has 3 N–H and O–H groups in total. The number of hydrogen-bond donors (Lipinski definition) is 2. The molecular weight excluding hydrogens is 291 g/mol. The normalized spacial score (nSPS) is 12.2. The van der Waals surface area contributed by atoms with Crippen LogP contribution < -0.4 is 11.1 Å². The fraction of sp³-hybridized carbons (Fsp3) is 0.417. The molecule has 3 nitrogen and oxygen atoms in total. The van der Waals surface area contributed by atoms with Crippen LogP contribution in [0.15, 0.2) is 12.1 Å². The first-order chi connectivity index (χ1) is 8.45. The molecular formula is C12H16Cl2N2OS. The maximum absolute atomic E-state index is 11.9. The number of anilines is 1. The lowest BCUT2D eigenvalue weighted by Gasteiger charge is -2.10. The van der Waals surface area contributed by atoms with Crippen molar-refractivity contribution in [3.05, 3.63) is 27.7 Å². The molecule has 18 heavy (non-hydrogen) atoms.